The molecule has 2 aliphatic heterocycles. The summed E-state index contributed by atoms with van der Waals surface area (Å²) >= 11 is 0. The van der Waals surface area contributed by atoms with Crippen LogP contribution in [0.5, 0.6) is 11.5 Å². The topological polar surface area (TPSA) is 38.8 Å². The first-order valence-corrected chi connectivity index (χ1v) is 5.92. The Bertz CT molecular complexity index is 458. The molecule has 3 rings (SSSR count). The fourth-order valence-corrected chi connectivity index (χ4v) is 2.36. The van der Waals surface area contributed by atoms with Crippen molar-refractivity contribution in [2.24, 2.45) is 0 Å². The SMILES string of the molecule is CC1CCC(=O)N1Cc1ccc2c(c1)OCO2. The number of amides is 1. The third-order valence-corrected chi connectivity index (χ3v) is 3.42. The lowest BCUT2D eigenvalue weighted by atomic mass is 10.2. The van der Waals surface area contributed by atoms with E-state index < -0.39 is 0 Å². The van der Waals surface area contributed by atoms with Gasteiger partial charge in [-0.15, -0.1) is 0 Å². The van der Waals surface area contributed by atoms with Crippen LogP contribution >= 0.6 is 0 Å². The van der Waals surface area contributed by atoms with Gasteiger partial charge in [0.2, 0.25) is 12.7 Å². The zero-order valence-corrected chi connectivity index (χ0v) is 9.81. The van der Waals surface area contributed by atoms with Crippen LogP contribution in [-0.4, -0.2) is 23.6 Å². The molecule has 1 unspecified atom stereocenters. The number of hydrogen-bond donors (Lipinski definition) is 0. The van der Waals surface area contributed by atoms with E-state index in [4.69, 9.17) is 9.47 Å². The number of fused-ring (bicyclic) bond motifs is 1. The van der Waals surface area contributed by atoms with Gasteiger partial charge in [-0.3, -0.25) is 4.79 Å². The maximum Gasteiger partial charge on any atom is 0.231 e. The number of benzene rings is 1. The number of ether oxygens (including phenoxy) is 2. The summed E-state index contributed by atoms with van der Waals surface area (Å²) in [5.74, 6) is 1.81. The second kappa shape index (κ2) is 3.95. The third kappa shape index (κ3) is 1.84. The van der Waals surface area contributed by atoms with Crippen LogP contribution in [0.3, 0.4) is 0 Å². The van der Waals surface area contributed by atoms with E-state index in [9.17, 15) is 4.79 Å². The summed E-state index contributed by atoms with van der Waals surface area (Å²) in [6.45, 7) is 3.05. The number of rotatable bonds is 2. The van der Waals surface area contributed by atoms with Crippen molar-refractivity contribution in [3.8, 4) is 11.5 Å². The fraction of sp³-hybridized carbons (Fsp3) is 0.462. The van der Waals surface area contributed by atoms with Crippen molar-refractivity contribution >= 4 is 5.91 Å². The molecular formula is C13H15NO3. The number of carbonyl (C=O) groups excluding carboxylic acids is 1. The van der Waals surface area contributed by atoms with E-state index in [1.807, 2.05) is 23.1 Å². The summed E-state index contributed by atoms with van der Waals surface area (Å²) in [5, 5.41) is 0. The lowest BCUT2D eigenvalue weighted by molar-refractivity contribution is -0.129. The molecular weight excluding hydrogens is 218 g/mol. The van der Waals surface area contributed by atoms with E-state index in [0.717, 1.165) is 23.5 Å². The van der Waals surface area contributed by atoms with Crippen molar-refractivity contribution in [1.82, 2.24) is 4.90 Å². The van der Waals surface area contributed by atoms with Crippen LogP contribution in [0.15, 0.2) is 18.2 Å². The minimum Gasteiger partial charge on any atom is -0.454 e. The Morgan fingerprint density at radius 1 is 1.35 bits per heavy atom. The molecule has 0 bridgehead atoms. The Kier molecular flexibility index (Phi) is 2.42. The number of carbonyl (C=O) groups is 1. The molecule has 1 fully saturated rings. The molecule has 1 atom stereocenters. The molecule has 4 heteroatoms. The minimum absolute atomic E-state index is 0.246. The smallest absolute Gasteiger partial charge is 0.231 e. The molecule has 0 N–H and O–H groups in total. The molecule has 1 amide bonds. The Hall–Kier alpha value is -1.71. The van der Waals surface area contributed by atoms with Gasteiger partial charge in [-0.1, -0.05) is 6.07 Å². The van der Waals surface area contributed by atoms with Gasteiger partial charge in [0, 0.05) is 19.0 Å². The Labute approximate surface area is 100 Å². The highest BCUT2D eigenvalue weighted by molar-refractivity contribution is 5.78. The standard InChI is InChI=1S/C13H15NO3/c1-9-2-5-13(15)14(9)7-10-3-4-11-12(6-10)17-8-16-11/h3-4,6,9H,2,5,7-8H2,1H3. The zero-order chi connectivity index (χ0) is 11.8. The molecule has 4 nitrogen and oxygen atoms in total. The predicted molar refractivity (Wildman–Crippen MR) is 61.8 cm³/mol. The van der Waals surface area contributed by atoms with Crippen LogP contribution in [0.2, 0.25) is 0 Å². The highest BCUT2D eigenvalue weighted by Crippen LogP contribution is 2.33. The third-order valence-electron chi connectivity index (χ3n) is 3.42. The summed E-state index contributed by atoms with van der Waals surface area (Å²) in [7, 11) is 0. The van der Waals surface area contributed by atoms with E-state index in [2.05, 4.69) is 6.92 Å². The van der Waals surface area contributed by atoms with Crippen LogP contribution in [0.4, 0.5) is 0 Å². The molecule has 0 aliphatic carbocycles. The number of hydrogen-bond acceptors (Lipinski definition) is 3. The average Bonchev–Trinajstić information content (AvgIpc) is 2.90. The van der Waals surface area contributed by atoms with Crippen LogP contribution in [0, 0.1) is 0 Å². The second-order valence-corrected chi connectivity index (χ2v) is 4.60. The molecule has 0 aromatic heterocycles. The van der Waals surface area contributed by atoms with Gasteiger partial charge in [0.15, 0.2) is 11.5 Å². The van der Waals surface area contributed by atoms with Crippen LogP contribution < -0.4 is 9.47 Å². The fourth-order valence-electron chi connectivity index (χ4n) is 2.36. The Morgan fingerprint density at radius 2 is 2.18 bits per heavy atom. The maximum absolute atomic E-state index is 11.7. The minimum atomic E-state index is 0.246. The molecule has 17 heavy (non-hydrogen) atoms. The van der Waals surface area contributed by atoms with Crippen molar-refractivity contribution in [3.63, 3.8) is 0 Å². The first-order chi connectivity index (χ1) is 8.24. The first kappa shape index (κ1) is 10.4. The average molecular weight is 233 g/mol. The Morgan fingerprint density at radius 3 is 2.94 bits per heavy atom. The zero-order valence-electron chi connectivity index (χ0n) is 9.81. The van der Waals surface area contributed by atoms with Crippen LogP contribution in [0.1, 0.15) is 25.3 Å². The predicted octanol–water partition coefficient (Wildman–Crippen LogP) is 1.93. The van der Waals surface area contributed by atoms with E-state index >= 15 is 0 Å². The van der Waals surface area contributed by atoms with Crippen LogP contribution in [0.25, 0.3) is 0 Å². The van der Waals surface area contributed by atoms with Crippen molar-refractivity contribution in [2.45, 2.75) is 32.4 Å². The van der Waals surface area contributed by atoms with Gasteiger partial charge in [-0.25, -0.2) is 0 Å². The molecule has 90 valence electrons. The second-order valence-electron chi connectivity index (χ2n) is 4.60. The molecule has 1 aromatic rings. The van der Waals surface area contributed by atoms with Gasteiger partial charge in [-0.05, 0) is 31.0 Å². The van der Waals surface area contributed by atoms with Gasteiger partial charge in [0.25, 0.3) is 0 Å². The van der Waals surface area contributed by atoms with Gasteiger partial charge < -0.3 is 14.4 Å². The Balaban J connectivity index is 1.79. The van der Waals surface area contributed by atoms with Crippen molar-refractivity contribution in [3.05, 3.63) is 23.8 Å². The highest BCUT2D eigenvalue weighted by atomic mass is 16.7. The van der Waals surface area contributed by atoms with Gasteiger partial charge >= 0.3 is 0 Å². The molecule has 1 saturated heterocycles. The lowest BCUT2D eigenvalue weighted by Crippen LogP contribution is -2.30. The van der Waals surface area contributed by atoms with Gasteiger partial charge in [0.05, 0.1) is 0 Å². The summed E-state index contributed by atoms with van der Waals surface area (Å²) in [4.78, 5) is 13.6. The van der Waals surface area contributed by atoms with Gasteiger partial charge in [0.1, 0.15) is 0 Å². The van der Waals surface area contributed by atoms with E-state index in [1.54, 1.807) is 0 Å². The molecule has 0 saturated carbocycles. The summed E-state index contributed by atoms with van der Waals surface area (Å²) in [6, 6.07) is 6.20. The normalized spacial score (nSPS) is 22.3. The van der Waals surface area contributed by atoms with E-state index in [-0.39, 0.29) is 12.7 Å². The van der Waals surface area contributed by atoms with E-state index in [0.29, 0.717) is 19.0 Å². The lowest BCUT2D eigenvalue weighted by Gasteiger charge is -2.21. The van der Waals surface area contributed by atoms with Crippen molar-refractivity contribution in [2.75, 3.05) is 6.79 Å². The quantitative estimate of drug-likeness (QED) is 0.783. The van der Waals surface area contributed by atoms with Gasteiger partial charge in [-0.2, -0.15) is 0 Å². The number of likely N-dealkylation sites (tertiary alicyclic amines) is 1. The molecule has 2 heterocycles. The first-order valence-electron chi connectivity index (χ1n) is 5.92. The molecule has 1 aromatic carbocycles. The molecule has 2 aliphatic rings. The summed E-state index contributed by atoms with van der Waals surface area (Å²) < 4.78 is 10.6. The summed E-state index contributed by atoms with van der Waals surface area (Å²) in [5.41, 5.74) is 1.09. The monoisotopic (exact) mass is 233 g/mol. The highest BCUT2D eigenvalue weighted by Gasteiger charge is 2.27. The van der Waals surface area contributed by atoms with E-state index in [1.165, 1.54) is 0 Å². The molecule has 0 spiro atoms. The summed E-state index contributed by atoms with van der Waals surface area (Å²) in [6.07, 6.45) is 1.63. The maximum atomic E-state index is 11.7. The number of nitrogens with zero attached hydrogens (tertiary/aromatic N) is 1. The van der Waals surface area contributed by atoms with Crippen LogP contribution in [-0.2, 0) is 11.3 Å². The molecule has 0 radical (unpaired) electrons. The van der Waals surface area contributed by atoms with Crippen molar-refractivity contribution < 1.29 is 14.3 Å². The largest absolute Gasteiger partial charge is 0.454 e. The van der Waals surface area contributed by atoms with Crippen molar-refractivity contribution in [1.29, 1.82) is 0 Å².